The average Bonchev–Trinajstić information content (AvgIpc) is 2.92. The number of hydrogen-bond donors (Lipinski definition) is 2. The number of urea groups is 1. The molecule has 2 aliphatic heterocycles. The normalized spacial score (nSPS) is 20.4. The molecule has 0 bridgehead atoms. The lowest BCUT2D eigenvalue weighted by Crippen LogP contribution is -2.47. The van der Waals surface area contributed by atoms with Gasteiger partial charge in [-0.25, -0.2) is 4.79 Å². The molecule has 9 nitrogen and oxygen atoms in total. The molecule has 1 aromatic carbocycles. The molecule has 1 saturated heterocycles. The SMILES string of the molecule is CCCCNC(=O)COC(=O)CN1C(=O)N[C@]2(CCOc3ccccc32)C1=O. The first-order valence-electron chi connectivity index (χ1n) is 9.26. The highest BCUT2D eigenvalue weighted by atomic mass is 16.5. The van der Waals surface area contributed by atoms with E-state index in [1.54, 1.807) is 24.3 Å². The van der Waals surface area contributed by atoms with E-state index in [9.17, 15) is 19.2 Å². The van der Waals surface area contributed by atoms with Crippen LogP contribution in [0.5, 0.6) is 5.75 Å². The number of nitrogens with zero attached hydrogens (tertiary/aromatic N) is 1. The van der Waals surface area contributed by atoms with Gasteiger partial charge in [0.1, 0.15) is 12.3 Å². The van der Waals surface area contributed by atoms with E-state index >= 15 is 0 Å². The number of fused-ring (bicyclic) bond motifs is 2. The van der Waals surface area contributed by atoms with Gasteiger partial charge < -0.3 is 20.1 Å². The maximum atomic E-state index is 13.0. The summed E-state index contributed by atoms with van der Waals surface area (Å²) in [7, 11) is 0. The molecule has 0 unspecified atom stereocenters. The zero-order valence-corrected chi connectivity index (χ0v) is 15.7. The quantitative estimate of drug-likeness (QED) is 0.403. The number of ether oxygens (including phenoxy) is 2. The van der Waals surface area contributed by atoms with Crippen molar-refractivity contribution in [1.82, 2.24) is 15.5 Å². The molecule has 28 heavy (non-hydrogen) atoms. The first-order valence-corrected chi connectivity index (χ1v) is 9.26. The van der Waals surface area contributed by atoms with Gasteiger partial charge in [0.2, 0.25) is 0 Å². The van der Waals surface area contributed by atoms with Crippen LogP contribution >= 0.6 is 0 Å². The highest BCUT2D eigenvalue weighted by Crippen LogP contribution is 2.40. The molecule has 1 atom stereocenters. The molecule has 2 N–H and O–H groups in total. The van der Waals surface area contributed by atoms with E-state index in [1.165, 1.54) is 0 Å². The fraction of sp³-hybridized carbons (Fsp3) is 0.474. The van der Waals surface area contributed by atoms with Crippen LogP contribution in [0.4, 0.5) is 4.79 Å². The lowest BCUT2D eigenvalue weighted by Gasteiger charge is -2.33. The van der Waals surface area contributed by atoms with E-state index in [4.69, 9.17) is 9.47 Å². The van der Waals surface area contributed by atoms with Gasteiger partial charge in [-0.3, -0.25) is 19.3 Å². The van der Waals surface area contributed by atoms with Crippen LogP contribution in [0.2, 0.25) is 0 Å². The van der Waals surface area contributed by atoms with Crippen LogP contribution < -0.4 is 15.4 Å². The lowest BCUT2D eigenvalue weighted by atomic mass is 9.84. The Kier molecular flexibility index (Phi) is 5.81. The van der Waals surface area contributed by atoms with Crippen LogP contribution in [0.3, 0.4) is 0 Å². The topological polar surface area (TPSA) is 114 Å². The highest BCUT2D eigenvalue weighted by Gasteiger charge is 2.55. The number of nitrogens with one attached hydrogen (secondary N) is 2. The molecule has 9 heteroatoms. The van der Waals surface area contributed by atoms with E-state index in [1.807, 2.05) is 6.92 Å². The van der Waals surface area contributed by atoms with Crippen LogP contribution in [-0.4, -0.2) is 55.0 Å². The Morgan fingerprint density at radius 3 is 2.89 bits per heavy atom. The van der Waals surface area contributed by atoms with Crippen molar-refractivity contribution in [2.75, 3.05) is 26.3 Å². The van der Waals surface area contributed by atoms with Crippen molar-refractivity contribution in [2.45, 2.75) is 31.7 Å². The van der Waals surface area contributed by atoms with Crippen LogP contribution in [-0.2, 0) is 24.7 Å². The van der Waals surface area contributed by atoms with Crippen molar-refractivity contribution in [3.05, 3.63) is 29.8 Å². The van der Waals surface area contributed by atoms with Crippen molar-refractivity contribution in [3.63, 3.8) is 0 Å². The summed E-state index contributed by atoms with van der Waals surface area (Å²) in [5.74, 6) is -1.26. The average molecular weight is 389 g/mol. The number of rotatable bonds is 7. The number of carbonyl (C=O) groups excluding carboxylic acids is 4. The fourth-order valence-electron chi connectivity index (χ4n) is 3.29. The molecule has 0 aromatic heterocycles. The maximum absolute atomic E-state index is 13.0. The van der Waals surface area contributed by atoms with Crippen molar-refractivity contribution >= 4 is 23.8 Å². The molecular formula is C19H23N3O6. The van der Waals surface area contributed by atoms with E-state index in [2.05, 4.69) is 10.6 Å². The van der Waals surface area contributed by atoms with E-state index in [0.717, 1.165) is 17.7 Å². The van der Waals surface area contributed by atoms with Gasteiger partial charge in [-0.05, 0) is 12.5 Å². The largest absolute Gasteiger partial charge is 0.493 e. The van der Waals surface area contributed by atoms with Crippen molar-refractivity contribution in [3.8, 4) is 5.75 Å². The molecule has 2 aliphatic rings. The van der Waals surface area contributed by atoms with E-state index < -0.39 is 42.5 Å². The van der Waals surface area contributed by atoms with Crippen LogP contribution in [0.15, 0.2) is 24.3 Å². The molecule has 150 valence electrons. The van der Waals surface area contributed by atoms with Gasteiger partial charge in [0.25, 0.3) is 11.8 Å². The Morgan fingerprint density at radius 1 is 1.32 bits per heavy atom. The summed E-state index contributed by atoms with van der Waals surface area (Å²) in [4.78, 5) is 49.9. The van der Waals surface area contributed by atoms with Gasteiger partial charge >= 0.3 is 12.0 Å². The number of para-hydroxylation sites is 1. The number of amides is 4. The third-order valence-electron chi connectivity index (χ3n) is 4.76. The first-order chi connectivity index (χ1) is 13.5. The van der Waals surface area contributed by atoms with Gasteiger partial charge in [0.15, 0.2) is 12.1 Å². The second-order valence-electron chi connectivity index (χ2n) is 6.69. The van der Waals surface area contributed by atoms with E-state index in [0.29, 0.717) is 17.9 Å². The second kappa shape index (κ2) is 8.28. The summed E-state index contributed by atoms with van der Waals surface area (Å²) < 4.78 is 10.4. The molecule has 0 radical (unpaired) electrons. The molecule has 1 spiro atoms. The van der Waals surface area contributed by atoms with Gasteiger partial charge in [-0.1, -0.05) is 31.5 Å². The molecule has 0 saturated carbocycles. The number of hydrogen-bond acceptors (Lipinski definition) is 6. The summed E-state index contributed by atoms with van der Waals surface area (Å²) in [6.07, 6.45) is 2.03. The first kappa shape index (κ1) is 19.7. The molecule has 0 aliphatic carbocycles. The van der Waals surface area contributed by atoms with Crippen molar-refractivity contribution < 1.29 is 28.7 Å². The number of carbonyl (C=O) groups is 4. The highest BCUT2D eigenvalue weighted by molar-refractivity contribution is 6.09. The molecular weight excluding hydrogens is 366 g/mol. The number of benzene rings is 1. The van der Waals surface area contributed by atoms with Crippen LogP contribution in [0, 0.1) is 0 Å². The zero-order chi connectivity index (χ0) is 20.1. The zero-order valence-electron chi connectivity index (χ0n) is 15.7. The summed E-state index contributed by atoms with van der Waals surface area (Å²) in [5.41, 5.74) is -0.685. The molecule has 1 fully saturated rings. The molecule has 1 aromatic rings. The van der Waals surface area contributed by atoms with Gasteiger partial charge in [0.05, 0.1) is 6.61 Å². The lowest BCUT2D eigenvalue weighted by molar-refractivity contribution is -0.151. The molecule has 3 rings (SSSR count). The van der Waals surface area contributed by atoms with Gasteiger partial charge in [-0.2, -0.15) is 0 Å². The predicted octanol–water partition coefficient (Wildman–Crippen LogP) is 0.676. The number of imide groups is 1. The van der Waals surface area contributed by atoms with Crippen molar-refractivity contribution in [1.29, 1.82) is 0 Å². The Bertz CT molecular complexity index is 796. The minimum absolute atomic E-state index is 0.263. The Labute approximate surface area is 162 Å². The predicted molar refractivity (Wildman–Crippen MR) is 97.4 cm³/mol. The minimum atomic E-state index is -1.25. The number of esters is 1. The molecule has 4 amide bonds. The van der Waals surface area contributed by atoms with Crippen LogP contribution in [0.1, 0.15) is 31.7 Å². The fourth-order valence-corrected chi connectivity index (χ4v) is 3.29. The van der Waals surface area contributed by atoms with Crippen LogP contribution in [0.25, 0.3) is 0 Å². The summed E-state index contributed by atoms with van der Waals surface area (Å²) in [5, 5.41) is 5.32. The van der Waals surface area contributed by atoms with E-state index in [-0.39, 0.29) is 13.0 Å². The smallest absolute Gasteiger partial charge is 0.326 e. The Balaban J connectivity index is 1.62. The van der Waals surface area contributed by atoms with Gasteiger partial charge in [-0.15, -0.1) is 0 Å². The third-order valence-corrected chi connectivity index (χ3v) is 4.76. The summed E-state index contributed by atoms with van der Waals surface area (Å²) >= 11 is 0. The maximum Gasteiger partial charge on any atom is 0.326 e. The Hall–Kier alpha value is -3.10. The minimum Gasteiger partial charge on any atom is -0.493 e. The summed E-state index contributed by atoms with van der Waals surface area (Å²) in [6, 6.07) is 6.30. The van der Waals surface area contributed by atoms with Gasteiger partial charge in [0, 0.05) is 18.5 Å². The Morgan fingerprint density at radius 2 is 2.11 bits per heavy atom. The third kappa shape index (κ3) is 3.78. The molecule has 2 heterocycles. The second-order valence-corrected chi connectivity index (χ2v) is 6.69. The monoisotopic (exact) mass is 389 g/mol. The summed E-state index contributed by atoms with van der Waals surface area (Å²) in [6.45, 7) is 1.75. The van der Waals surface area contributed by atoms with Crippen molar-refractivity contribution in [2.24, 2.45) is 0 Å². The number of unbranched alkanes of at least 4 members (excludes halogenated alkanes) is 1. The standard InChI is InChI=1S/C19H23N3O6/c1-2-3-9-20-15(23)12-28-16(24)11-22-17(25)19(21-18(22)26)8-10-27-14-7-5-4-6-13(14)19/h4-7H,2-3,8-12H2,1H3,(H,20,23)(H,21,26)/t19-/m0/s1.